The Labute approximate surface area is 203 Å². The lowest BCUT2D eigenvalue weighted by Crippen LogP contribution is -2.23. The first kappa shape index (κ1) is 25.5. The van der Waals surface area contributed by atoms with E-state index >= 15 is 0 Å². The molecule has 0 aliphatic carbocycles. The molecule has 0 N–H and O–H groups in total. The third kappa shape index (κ3) is 5.03. The molecule has 3 aromatic rings. The van der Waals surface area contributed by atoms with E-state index in [1.54, 1.807) is 27.4 Å². The van der Waals surface area contributed by atoms with Crippen molar-refractivity contribution in [2.24, 2.45) is 0 Å². The fourth-order valence-corrected chi connectivity index (χ4v) is 4.02. The van der Waals surface area contributed by atoms with Crippen molar-refractivity contribution in [2.75, 3.05) is 41.4 Å². The van der Waals surface area contributed by atoms with E-state index in [0.717, 1.165) is 16.5 Å². The van der Waals surface area contributed by atoms with Gasteiger partial charge in [0.2, 0.25) is 11.5 Å². The maximum Gasteiger partial charge on any atom is 0.339 e. The Kier molecular flexibility index (Phi) is 8.52. The van der Waals surface area contributed by atoms with Crippen molar-refractivity contribution >= 4 is 22.6 Å². The lowest BCUT2D eigenvalue weighted by atomic mass is 10.0. The third-order valence-electron chi connectivity index (χ3n) is 5.61. The number of aryl methyl sites for hydroxylation is 1. The first-order valence-corrected chi connectivity index (χ1v) is 11.1. The van der Waals surface area contributed by atoms with E-state index in [9.17, 15) is 4.79 Å². The van der Waals surface area contributed by atoms with Gasteiger partial charge in [-0.1, -0.05) is 0 Å². The zero-order valence-corrected chi connectivity index (χ0v) is 20.9. The number of methoxy groups -OCH3 is 5. The van der Waals surface area contributed by atoms with Crippen LogP contribution in [0.15, 0.2) is 33.5 Å². The predicted octanol–water partition coefficient (Wildman–Crippen LogP) is 4.51. The molecule has 0 saturated carbocycles. The monoisotopic (exact) mass is 492 g/mol. The number of fused-ring (bicyclic) bond motifs is 1. The summed E-state index contributed by atoms with van der Waals surface area (Å²) in [6.45, 7) is 2.10. The molecule has 0 aliphatic heterocycles. The highest BCUT2D eigenvalue weighted by Crippen LogP contribution is 2.39. The molecule has 1 heterocycles. The fraction of sp³-hybridized carbons (Fsp3) is 0.400. The van der Waals surface area contributed by atoms with Gasteiger partial charge in [0.15, 0.2) is 22.8 Å². The van der Waals surface area contributed by atoms with Gasteiger partial charge in [0.05, 0.1) is 48.3 Å². The number of halogens is 1. The summed E-state index contributed by atoms with van der Waals surface area (Å²) in [6.07, 6.45) is -0.146. The van der Waals surface area contributed by atoms with Gasteiger partial charge in [-0.2, -0.15) is 0 Å². The molecule has 1 atom stereocenters. The summed E-state index contributed by atoms with van der Waals surface area (Å²) in [5.74, 6) is 2.60. The molecule has 1 aromatic heterocycles. The lowest BCUT2D eigenvalue weighted by molar-refractivity contribution is 0.0550. The standard InChI is InChI=1S/C25H29ClO8/c1-14-17-7-8-19(28-2)24(32-6)22(17)34-25(27)18(14)11-16(12-26)33-13-15-9-20(29-3)23(31-5)21(10-15)30-4/h7-10,16H,11-13H2,1-6H3. The third-order valence-corrected chi connectivity index (χ3v) is 5.96. The number of ether oxygens (including phenoxy) is 6. The van der Waals surface area contributed by atoms with Gasteiger partial charge in [-0.15, -0.1) is 11.6 Å². The Hall–Kier alpha value is -3.10. The number of alkyl halides is 1. The minimum atomic E-state index is -0.469. The second kappa shape index (κ2) is 11.4. The van der Waals surface area contributed by atoms with Crippen molar-refractivity contribution in [1.82, 2.24) is 0 Å². The van der Waals surface area contributed by atoms with Gasteiger partial charge in [0.25, 0.3) is 0 Å². The molecule has 0 saturated heterocycles. The molecule has 2 aromatic carbocycles. The summed E-state index contributed by atoms with van der Waals surface area (Å²) in [7, 11) is 7.68. The van der Waals surface area contributed by atoms with Crippen LogP contribution >= 0.6 is 11.6 Å². The van der Waals surface area contributed by atoms with Crippen molar-refractivity contribution in [3.63, 3.8) is 0 Å². The summed E-state index contributed by atoms with van der Waals surface area (Å²) in [4.78, 5) is 12.9. The van der Waals surface area contributed by atoms with Crippen LogP contribution in [0.2, 0.25) is 0 Å². The topological polar surface area (TPSA) is 85.6 Å². The Morgan fingerprint density at radius 3 is 2.03 bits per heavy atom. The fourth-order valence-electron chi connectivity index (χ4n) is 3.82. The van der Waals surface area contributed by atoms with Gasteiger partial charge in [-0.05, 0) is 42.3 Å². The highest BCUT2D eigenvalue weighted by molar-refractivity contribution is 6.18. The second-order valence-electron chi connectivity index (χ2n) is 7.50. The van der Waals surface area contributed by atoms with Gasteiger partial charge < -0.3 is 32.8 Å². The highest BCUT2D eigenvalue weighted by Gasteiger charge is 2.21. The SMILES string of the molecule is COc1cc(COC(CCl)Cc2c(C)c3ccc(OC)c(OC)c3oc2=O)cc(OC)c1OC. The normalized spacial score (nSPS) is 11.9. The summed E-state index contributed by atoms with van der Waals surface area (Å²) in [5, 5.41) is 0.755. The maximum atomic E-state index is 12.9. The molecule has 34 heavy (non-hydrogen) atoms. The van der Waals surface area contributed by atoms with E-state index in [1.165, 1.54) is 14.2 Å². The molecule has 0 bridgehead atoms. The molecule has 0 aliphatic rings. The number of hydrogen-bond donors (Lipinski definition) is 0. The number of rotatable bonds is 11. The Balaban J connectivity index is 1.87. The van der Waals surface area contributed by atoms with Crippen LogP contribution in [0, 0.1) is 6.92 Å². The molecular weight excluding hydrogens is 464 g/mol. The van der Waals surface area contributed by atoms with Crippen molar-refractivity contribution < 1.29 is 32.8 Å². The van der Waals surface area contributed by atoms with Crippen LogP contribution in [0.5, 0.6) is 28.7 Å². The predicted molar refractivity (Wildman–Crippen MR) is 129 cm³/mol. The van der Waals surface area contributed by atoms with Gasteiger partial charge in [0.1, 0.15) is 0 Å². The van der Waals surface area contributed by atoms with Crippen molar-refractivity contribution in [3.8, 4) is 28.7 Å². The van der Waals surface area contributed by atoms with Crippen LogP contribution in [0.4, 0.5) is 0 Å². The Morgan fingerprint density at radius 1 is 0.882 bits per heavy atom. The van der Waals surface area contributed by atoms with Gasteiger partial charge in [-0.25, -0.2) is 4.79 Å². The largest absolute Gasteiger partial charge is 0.493 e. The summed E-state index contributed by atoms with van der Waals surface area (Å²) < 4.78 is 38.5. The van der Waals surface area contributed by atoms with Crippen LogP contribution < -0.4 is 29.3 Å². The molecule has 0 amide bonds. The zero-order valence-electron chi connectivity index (χ0n) is 20.2. The molecule has 1 unspecified atom stereocenters. The van der Waals surface area contributed by atoms with Gasteiger partial charge >= 0.3 is 5.63 Å². The van der Waals surface area contributed by atoms with E-state index in [-0.39, 0.29) is 18.9 Å². The lowest BCUT2D eigenvalue weighted by Gasteiger charge is -2.18. The van der Waals surface area contributed by atoms with Crippen LogP contribution in [0.3, 0.4) is 0 Å². The average Bonchev–Trinajstić information content (AvgIpc) is 2.86. The Bertz CT molecular complexity index is 1180. The van der Waals surface area contributed by atoms with Crippen molar-refractivity contribution in [1.29, 1.82) is 0 Å². The van der Waals surface area contributed by atoms with Crippen LogP contribution in [-0.4, -0.2) is 47.5 Å². The molecule has 9 heteroatoms. The first-order valence-electron chi connectivity index (χ1n) is 10.6. The van der Waals surface area contributed by atoms with E-state index in [1.807, 2.05) is 25.1 Å². The summed E-state index contributed by atoms with van der Waals surface area (Å²) in [6, 6.07) is 7.23. The zero-order chi connectivity index (χ0) is 24.8. The van der Waals surface area contributed by atoms with Gasteiger partial charge in [-0.3, -0.25) is 0 Å². The minimum absolute atomic E-state index is 0.188. The molecule has 184 valence electrons. The van der Waals surface area contributed by atoms with Gasteiger partial charge in [0, 0.05) is 23.3 Å². The van der Waals surface area contributed by atoms with Crippen LogP contribution in [0.25, 0.3) is 11.0 Å². The molecule has 0 fully saturated rings. The van der Waals surface area contributed by atoms with Crippen molar-refractivity contribution in [3.05, 3.63) is 51.4 Å². The molecule has 3 rings (SSSR count). The van der Waals surface area contributed by atoms with Crippen LogP contribution in [-0.2, 0) is 17.8 Å². The Morgan fingerprint density at radius 2 is 1.50 bits per heavy atom. The van der Waals surface area contributed by atoms with E-state index in [0.29, 0.717) is 39.9 Å². The molecule has 0 spiro atoms. The van der Waals surface area contributed by atoms with E-state index in [2.05, 4.69) is 0 Å². The average molecular weight is 493 g/mol. The minimum Gasteiger partial charge on any atom is -0.493 e. The molecule has 8 nitrogen and oxygen atoms in total. The molecule has 0 radical (unpaired) electrons. The highest BCUT2D eigenvalue weighted by atomic mass is 35.5. The number of hydrogen-bond acceptors (Lipinski definition) is 8. The maximum absolute atomic E-state index is 12.9. The molecular formula is C25H29ClO8. The summed E-state index contributed by atoms with van der Waals surface area (Å²) in [5.41, 5.74) is 1.95. The quantitative estimate of drug-likeness (QED) is 0.285. The first-order chi connectivity index (χ1) is 16.4. The number of benzene rings is 2. The smallest absolute Gasteiger partial charge is 0.339 e. The van der Waals surface area contributed by atoms with Crippen molar-refractivity contribution in [2.45, 2.75) is 26.1 Å². The summed E-state index contributed by atoms with van der Waals surface area (Å²) >= 11 is 6.20. The van der Waals surface area contributed by atoms with Crippen LogP contribution in [0.1, 0.15) is 16.7 Å². The second-order valence-corrected chi connectivity index (χ2v) is 7.80. The van der Waals surface area contributed by atoms with E-state index < -0.39 is 11.7 Å². The van der Waals surface area contributed by atoms with E-state index in [4.69, 9.17) is 44.4 Å².